The van der Waals surface area contributed by atoms with Crippen LogP contribution in [0.3, 0.4) is 0 Å². The summed E-state index contributed by atoms with van der Waals surface area (Å²) < 4.78 is 27.3. The Morgan fingerprint density at radius 2 is 1.64 bits per heavy atom. The Kier molecular flexibility index (Phi) is 5.76. The molecule has 28 heavy (non-hydrogen) atoms. The van der Waals surface area contributed by atoms with E-state index in [1.807, 2.05) is 31.2 Å². The van der Waals surface area contributed by atoms with Crippen LogP contribution in [0, 0.1) is 6.92 Å². The molecule has 0 atom stereocenters. The van der Waals surface area contributed by atoms with E-state index in [0.717, 1.165) is 22.5 Å². The van der Waals surface area contributed by atoms with E-state index in [0.29, 0.717) is 17.2 Å². The minimum Gasteiger partial charge on any atom is -0.296 e. The number of aryl methyl sites for hydroxylation is 1. The summed E-state index contributed by atoms with van der Waals surface area (Å²) in [7, 11) is -3.89. The Morgan fingerprint density at radius 3 is 2.25 bits per heavy atom. The van der Waals surface area contributed by atoms with Gasteiger partial charge in [0.15, 0.2) is 0 Å². The zero-order valence-electron chi connectivity index (χ0n) is 15.6. The molecular formula is C19H20N4O3S2. The van der Waals surface area contributed by atoms with Gasteiger partial charge in [0, 0.05) is 11.3 Å². The van der Waals surface area contributed by atoms with Gasteiger partial charge in [-0.1, -0.05) is 55.0 Å². The van der Waals surface area contributed by atoms with Gasteiger partial charge >= 0.3 is 0 Å². The van der Waals surface area contributed by atoms with Crippen LogP contribution in [-0.2, 0) is 10.0 Å². The van der Waals surface area contributed by atoms with Crippen molar-refractivity contribution in [3.8, 4) is 0 Å². The van der Waals surface area contributed by atoms with E-state index in [1.54, 1.807) is 24.3 Å². The smallest absolute Gasteiger partial charge is 0.291 e. The van der Waals surface area contributed by atoms with Crippen molar-refractivity contribution in [3.63, 3.8) is 0 Å². The molecule has 0 aliphatic rings. The van der Waals surface area contributed by atoms with Crippen molar-refractivity contribution in [2.75, 3.05) is 10.0 Å². The molecule has 0 unspecified atom stereocenters. The summed E-state index contributed by atoms with van der Waals surface area (Å²) in [4.78, 5) is 12.2. The van der Waals surface area contributed by atoms with Crippen LogP contribution in [0.25, 0.3) is 0 Å². The second kappa shape index (κ2) is 8.07. The van der Waals surface area contributed by atoms with Crippen molar-refractivity contribution in [2.45, 2.75) is 31.0 Å². The fourth-order valence-electron chi connectivity index (χ4n) is 2.38. The Balaban J connectivity index is 1.71. The van der Waals surface area contributed by atoms with Gasteiger partial charge in [-0.15, -0.1) is 10.2 Å². The van der Waals surface area contributed by atoms with Gasteiger partial charge in [0.2, 0.25) is 5.13 Å². The molecule has 3 aromatic rings. The minimum atomic E-state index is -3.89. The zero-order chi connectivity index (χ0) is 20.3. The van der Waals surface area contributed by atoms with Crippen molar-refractivity contribution in [2.24, 2.45) is 0 Å². The Bertz CT molecular complexity index is 1070. The van der Waals surface area contributed by atoms with Gasteiger partial charge in [-0.05, 0) is 42.7 Å². The molecule has 1 heterocycles. The molecule has 0 saturated carbocycles. The summed E-state index contributed by atoms with van der Waals surface area (Å²) in [5, 5.41) is 10.1. The number of rotatable bonds is 6. The van der Waals surface area contributed by atoms with Gasteiger partial charge in [0.1, 0.15) is 0 Å². The quantitative estimate of drug-likeness (QED) is 0.591. The molecule has 0 radical (unpaired) electrons. The van der Waals surface area contributed by atoms with E-state index < -0.39 is 10.0 Å². The highest BCUT2D eigenvalue weighted by atomic mass is 32.2. The first kappa shape index (κ1) is 20.0. The number of aromatic nitrogens is 2. The maximum absolute atomic E-state index is 12.5. The summed E-state index contributed by atoms with van der Waals surface area (Å²) >= 11 is 0.789. The number of anilines is 2. The SMILES string of the molecule is Cc1ccc(C(=O)Nc2nnc(S(=O)(=O)Nc3ccc(C(C)C)cc3)s2)cc1. The lowest BCUT2D eigenvalue weighted by Crippen LogP contribution is -2.12. The summed E-state index contributed by atoms with van der Waals surface area (Å²) in [5.41, 5.74) is 3.03. The van der Waals surface area contributed by atoms with E-state index in [2.05, 4.69) is 34.1 Å². The van der Waals surface area contributed by atoms with Crippen molar-refractivity contribution >= 4 is 38.1 Å². The van der Waals surface area contributed by atoms with E-state index in [1.165, 1.54) is 0 Å². The van der Waals surface area contributed by atoms with E-state index in [4.69, 9.17) is 0 Å². The van der Waals surface area contributed by atoms with Crippen molar-refractivity contribution in [1.82, 2.24) is 10.2 Å². The lowest BCUT2D eigenvalue weighted by Gasteiger charge is -2.08. The Morgan fingerprint density at radius 1 is 1.00 bits per heavy atom. The van der Waals surface area contributed by atoms with Crippen LogP contribution in [0.4, 0.5) is 10.8 Å². The lowest BCUT2D eigenvalue weighted by atomic mass is 10.0. The maximum Gasteiger partial charge on any atom is 0.291 e. The fourth-order valence-corrected chi connectivity index (χ4v) is 4.33. The number of nitrogens with zero attached hydrogens (tertiary/aromatic N) is 2. The number of carbonyl (C=O) groups is 1. The first-order chi connectivity index (χ1) is 13.2. The number of hydrogen-bond donors (Lipinski definition) is 2. The van der Waals surface area contributed by atoms with Crippen molar-refractivity contribution in [3.05, 3.63) is 65.2 Å². The molecule has 0 spiro atoms. The molecule has 0 saturated heterocycles. The van der Waals surface area contributed by atoms with Crippen LogP contribution in [-0.4, -0.2) is 24.5 Å². The number of carbonyl (C=O) groups excluding carboxylic acids is 1. The summed E-state index contributed by atoms with van der Waals surface area (Å²) in [6.07, 6.45) is 0. The molecule has 3 rings (SSSR count). The summed E-state index contributed by atoms with van der Waals surface area (Å²) in [6.45, 7) is 6.05. The van der Waals surface area contributed by atoms with Crippen LogP contribution >= 0.6 is 11.3 Å². The van der Waals surface area contributed by atoms with Gasteiger partial charge in [-0.25, -0.2) is 0 Å². The molecule has 9 heteroatoms. The monoisotopic (exact) mass is 416 g/mol. The summed E-state index contributed by atoms with van der Waals surface area (Å²) in [6, 6.07) is 14.2. The molecule has 2 N–H and O–H groups in total. The van der Waals surface area contributed by atoms with Crippen LogP contribution in [0.5, 0.6) is 0 Å². The average Bonchev–Trinajstić information content (AvgIpc) is 3.12. The van der Waals surface area contributed by atoms with E-state index in [9.17, 15) is 13.2 Å². The third kappa shape index (κ3) is 4.73. The van der Waals surface area contributed by atoms with Gasteiger partial charge in [-0.2, -0.15) is 8.42 Å². The van der Waals surface area contributed by atoms with Crippen LogP contribution in [0.15, 0.2) is 52.9 Å². The molecular weight excluding hydrogens is 396 g/mol. The van der Waals surface area contributed by atoms with Gasteiger partial charge in [-0.3, -0.25) is 14.8 Å². The molecule has 0 aliphatic carbocycles. The Hall–Kier alpha value is -2.78. The van der Waals surface area contributed by atoms with Crippen molar-refractivity contribution in [1.29, 1.82) is 0 Å². The number of benzene rings is 2. The van der Waals surface area contributed by atoms with E-state index in [-0.39, 0.29) is 15.4 Å². The highest BCUT2D eigenvalue weighted by Gasteiger charge is 2.21. The third-order valence-corrected chi connectivity index (χ3v) is 6.59. The molecule has 2 aromatic carbocycles. The molecule has 1 amide bonds. The minimum absolute atomic E-state index is 0.112. The second-order valence-corrected chi connectivity index (χ2v) is 9.41. The topological polar surface area (TPSA) is 101 Å². The molecule has 146 valence electrons. The number of sulfonamides is 1. The van der Waals surface area contributed by atoms with Crippen LogP contribution < -0.4 is 10.0 Å². The van der Waals surface area contributed by atoms with E-state index >= 15 is 0 Å². The third-order valence-electron chi connectivity index (χ3n) is 4.00. The highest BCUT2D eigenvalue weighted by Crippen LogP contribution is 2.24. The maximum atomic E-state index is 12.5. The molecule has 7 nitrogen and oxygen atoms in total. The zero-order valence-corrected chi connectivity index (χ0v) is 17.3. The Labute approximate surface area is 167 Å². The van der Waals surface area contributed by atoms with Crippen molar-refractivity contribution < 1.29 is 13.2 Å². The van der Waals surface area contributed by atoms with Gasteiger partial charge < -0.3 is 0 Å². The summed E-state index contributed by atoms with van der Waals surface area (Å²) in [5.74, 6) is -0.0224. The van der Waals surface area contributed by atoms with Crippen LogP contribution in [0.2, 0.25) is 0 Å². The molecule has 0 fully saturated rings. The number of nitrogens with one attached hydrogen (secondary N) is 2. The fraction of sp³-hybridized carbons (Fsp3) is 0.211. The first-order valence-corrected chi connectivity index (χ1v) is 10.9. The van der Waals surface area contributed by atoms with Gasteiger partial charge in [0.05, 0.1) is 0 Å². The molecule has 0 aliphatic heterocycles. The molecule has 1 aromatic heterocycles. The highest BCUT2D eigenvalue weighted by molar-refractivity contribution is 7.94. The first-order valence-electron chi connectivity index (χ1n) is 8.59. The van der Waals surface area contributed by atoms with Crippen LogP contribution in [0.1, 0.15) is 41.3 Å². The number of amides is 1. The largest absolute Gasteiger partial charge is 0.296 e. The predicted octanol–water partition coefficient (Wildman–Crippen LogP) is 4.02. The molecule has 0 bridgehead atoms. The van der Waals surface area contributed by atoms with Gasteiger partial charge in [0.25, 0.3) is 20.3 Å². The lowest BCUT2D eigenvalue weighted by molar-refractivity contribution is 0.102. The standard InChI is InChI=1S/C19H20N4O3S2/c1-12(2)14-8-10-16(11-9-14)23-28(25,26)19-22-21-18(27-19)20-17(24)15-6-4-13(3)5-7-15/h4-12,23H,1-3H3,(H,20,21,24). The second-order valence-electron chi connectivity index (χ2n) is 6.58. The average molecular weight is 417 g/mol. The normalized spacial score (nSPS) is 11.4. The predicted molar refractivity (Wildman–Crippen MR) is 110 cm³/mol. The number of hydrogen-bond acceptors (Lipinski definition) is 6.